The van der Waals surface area contributed by atoms with Gasteiger partial charge in [-0.15, -0.1) is 0 Å². The molecule has 0 aromatic heterocycles. The van der Waals surface area contributed by atoms with E-state index in [0.29, 0.717) is 17.3 Å². The summed E-state index contributed by atoms with van der Waals surface area (Å²) in [5, 5.41) is 0.565. The molecule has 2 aromatic carbocycles. The normalized spacial score (nSPS) is 16.6. The predicted octanol–water partition coefficient (Wildman–Crippen LogP) is 2.92. The van der Waals surface area contributed by atoms with Gasteiger partial charge in [-0.25, -0.2) is 13.1 Å². The number of carbonyl (C=O) groups excluding carboxylic acids is 1. The van der Waals surface area contributed by atoms with Crippen LogP contribution < -0.4 is 9.46 Å². The molecule has 8 heteroatoms. The lowest BCUT2D eigenvalue weighted by atomic mass is 9.92. The highest BCUT2D eigenvalue weighted by atomic mass is 35.5. The van der Waals surface area contributed by atoms with Gasteiger partial charge in [-0.3, -0.25) is 4.79 Å². The summed E-state index contributed by atoms with van der Waals surface area (Å²) in [4.78, 5) is 14.2. The maximum atomic E-state index is 12.7. The van der Waals surface area contributed by atoms with Gasteiger partial charge in [-0.2, -0.15) is 0 Å². The van der Waals surface area contributed by atoms with Crippen molar-refractivity contribution in [1.29, 1.82) is 0 Å². The number of nitrogens with zero attached hydrogens (tertiary/aromatic N) is 1. The van der Waals surface area contributed by atoms with Crippen molar-refractivity contribution in [3.05, 3.63) is 58.1 Å². The number of benzene rings is 2. The molecule has 1 N–H and O–H groups in total. The summed E-state index contributed by atoms with van der Waals surface area (Å²) >= 11 is 6.05. The number of ether oxygens (including phenoxy) is 1. The summed E-state index contributed by atoms with van der Waals surface area (Å²) in [6, 6.07) is 10.6. The third kappa shape index (κ3) is 4.57. The Morgan fingerprint density at radius 3 is 2.66 bits per heavy atom. The summed E-state index contributed by atoms with van der Waals surface area (Å²) in [7, 11) is -3.63. The number of aryl methyl sites for hydroxylation is 2. The Labute approximate surface area is 175 Å². The molecule has 2 aliphatic rings. The predicted molar refractivity (Wildman–Crippen MR) is 111 cm³/mol. The molecule has 154 valence electrons. The average Bonchev–Trinajstić information content (AvgIpc) is 2.86. The molecule has 0 spiro atoms. The lowest BCUT2D eigenvalue weighted by Gasteiger charge is -2.20. The minimum atomic E-state index is -3.63. The van der Waals surface area contributed by atoms with Crippen molar-refractivity contribution in [2.75, 3.05) is 19.7 Å². The number of nitrogens with one attached hydrogen (secondary N) is 1. The second-order valence-corrected chi connectivity index (χ2v) is 9.59. The van der Waals surface area contributed by atoms with Gasteiger partial charge in [-0.05, 0) is 67.1 Å². The van der Waals surface area contributed by atoms with Gasteiger partial charge >= 0.3 is 0 Å². The maximum Gasteiger partial charge on any atom is 0.260 e. The largest absolute Gasteiger partial charge is 0.483 e. The first-order chi connectivity index (χ1) is 13.9. The highest BCUT2D eigenvalue weighted by Gasteiger charge is 2.23. The van der Waals surface area contributed by atoms with Gasteiger partial charge in [0.15, 0.2) is 6.61 Å². The highest BCUT2D eigenvalue weighted by Crippen LogP contribution is 2.27. The Hall–Kier alpha value is -2.09. The zero-order valence-electron chi connectivity index (χ0n) is 16.0. The summed E-state index contributed by atoms with van der Waals surface area (Å²) < 4.78 is 33.5. The summed E-state index contributed by atoms with van der Waals surface area (Å²) in [5.41, 5.74) is 3.16. The second kappa shape index (κ2) is 8.34. The van der Waals surface area contributed by atoms with Gasteiger partial charge in [-0.1, -0.05) is 17.7 Å². The standard InChI is InChI=1S/C21H23ClN2O4S/c22-18-6-8-20-17(11-18)13-24(21(25)14-28-20)10-9-23-29(26,27)19-7-5-15-3-1-2-4-16(15)12-19/h5-8,11-12,23H,1-4,9-10,13-14H2. The van der Waals surface area contributed by atoms with Crippen LogP contribution in [0.15, 0.2) is 41.3 Å². The molecule has 0 fully saturated rings. The van der Waals surface area contributed by atoms with Crippen LogP contribution in [0.3, 0.4) is 0 Å². The maximum absolute atomic E-state index is 12.7. The minimum absolute atomic E-state index is 0.0772. The van der Waals surface area contributed by atoms with Crippen LogP contribution in [-0.4, -0.2) is 38.9 Å². The van der Waals surface area contributed by atoms with E-state index in [9.17, 15) is 13.2 Å². The number of hydrogen-bond donors (Lipinski definition) is 1. The molecule has 0 bridgehead atoms. The molecule has 0 radical (unpaired) electrons. The SMILES string of the molecule is O=C1COc2ccc(Cl)cc2CN1CCNS(=O)(=O)c1ccc2c(c1)CCCC2. The molecule has 29 heavy (non-hydrogen) atoms. The van der Waals surface area contributed by atoms with Crippen molar-refractivity contribution >= 4 is 27.5 Å². The quantitative estimate of drug-likeness (QED) is 0.785. The molecule has 4 rings (SSSR count). The Kier molecular flexibility index (Phi) is 5.81. The van der Waals surface area contributed by atoms with Crippen molar-refractivity contribution in [3.63, 3.8) is 0 Å². The van der Waals surface area contributed by atoms with Gasteiger partial charge in [0.05, 0.1) is 4.90 Å². The van der Waals surface area contributed by atoms with Crippen LogP contribution in [0.4, 0.5) is 0 Å². The summed E-state index contributed by atoms with van der Waals surface area (Å²) in [6.45, 7) is 0.626. The third-order valence-electron chi connectivity index (χ3n) is 5.39. The first kappa shape index (κ1) is 20.2. The molecule has 1 aliphatic heterocycles. The molecule has 0 atom stereocenters. The van der Waals surface area contributed by atoms with E-state index in [1.165, 1.54) is 5.56 Å². The fraction of sp³-hybridized carbons (Fsp3) is 0.381. The summed E-state index contributed by atoms with van der Waals surface area (Å²) in [6.07, 6.45) is 4.17. The molecule has 1 aliphatic carbocycles. The first-order valence-corrected chi connectivity index (χ1v) is 11.6. The average molecular weight is 435 g/mol. The second-order valence-electron chi connectivity index (χ2n) is 7.39. The van der Waals surface area contributed by atoms with Crippen molar-refractivity contribution in [2.45, 2.75) is 37.1 Å². The highest BCUT2D eigenvalue weighted by molar-refractivity contribution is 7.89. The van der Waals surface area contributed by atoms with E-state index in [1.54, 1.807) is 35.2 Å². The number of hydrogen-bond acceptors (Lipinski definition) is 4. The molecule has 1 heterocycles. The lowest BCUT2D eigenvalue weighted by molar-refractivity contribution is -0.133. The van der Waals surface area contributed by atoms with E-state index in [1.807, 2.05) is 6.07 Å². The fourth-order valence-corrected chi connectivity index (χ4v) is 5.08. The molecule has 0 unspecified atom stereocenters. The van der Waals surface area contributed by atoms with Crippen molar-refractivity contribution in [2.24, 2.45) is 0 Å². The van der Waals surface area contributed by atoms with Crippen LogP contribution in [0.2, 0.25) is 5.02 Å². The molecule has 2 aromatic rings. The van der Waals surface area contributed by atoms with Crippen molar-refractivity contribution in [3.8, 4) is 5.75 Å². The molecule has 1 amide bonds. The van der Waals surface area contributed by atoms with Gasteiger partial charge < -0.3 is 9.64 Å². The number of sulfonamides is 1. The fourth-order valence-electron chi connectivity index (χ4n) is 3.82. The Bertz CT molecular complexity index is 1040. The molecule has 0 saturated carbocycles. The lowest BCUT2D eigenvalue weighted by Crippen LogP contribution is -2.39. The van der Waals surface area contributed by atoms with E-state index < -0.39 is 10.0 Å². The van der Waals surface area contributed by atoms with E-state index in [4.69, 9.17) is 16.3 Å². The van der Waals surface area contributed by atoms with Crippen LogP contribution in [0.1, 0.15) is 29.5 Å². The molecular formula is C21H23ClN2O4S. The van der Waals surface area contributed by atoms with Gasteiger partial charge in [0.25, 0.3) is 5.91 Å². The molecular weight excluding hydrogens is 412 g/mol. The van der Waals surface area contributed by atoms with E-state index >= 15 is 0 Å². The Morgan fingerprint density at radius 1 is 1.03 bits per heavy atom. The van der Waals surface area contributed by atoms with E-state index in [2.05, 4.69) is 4.72 Å². The first-order valence-electron chi connectivity index (χ1n) is 9.73. The van der Waals surface area contributed by atoms with E-state index in [0.717, 1.165) is 36.8 Å². The molecule has 6 nitrogen and oxygen atoms in total. The van der Waals surface area contributed by atoms with Gasteiger partial charge in [0.2, 0.25) is 10.0 Å². The smallest absolute Gasteiger partial charge is 0.260 e. The van der Waals surface area contributed by atoms with Gasteiger partial charge in [0, 0.05) is 30.2 Å². The Balaban J connectivity index is 1.41. The Morgan fingerprint density at radius 2 is 1.83 bits per heavy atom. The topological polar surface area (TPSA) is 75.7 Å². The van der Waals surface area contributed by atoms with Crippen LogP contribution in [0.25, 0.3) is 0 Å². The number of fused-ring (bicyclic) bond motifs is 2. The zero-order valence-corrected chi connectivity index (χ0v) is 17.6. The van der Waals surface area contributed by atoms with Crippen molar-refractivity contribution in [1.82, 2.24) is 9.62 Å². The monoisotopic (exact) mass is 434 g/mol. The van der Waals surface area contributed by atoms with Crippen molar-refractivity contribution < 1.29 is 17.9 Å². The van der Waals surface area contributed by atoms with Crippen LogP contribution in [-0.2, 0) is 34.2 Å². The van der Waals surface area contributed by atoms with E-state index in [-0.39, 0.29) is 30.5 Å². The minimum Gasteiger partial charge on any atom is -0.483 e. The third-order valence-corrected chi connectivity index (χ3v) is 7.09. The summed E-state index contributed by atoms with van der Waals surface area (Å²) in [5.74, 6) is 0.435. The number of amides is 1. The van der Waals surface area contributed by atoms with Crippen LogP contribution in [0.5, 0.6) is 5.75 Å². The van der Waals surface area contributed by atoms with Gasteiger partial charge in [0.1, 0.15) is 5.75 Å². The number of halogens is 1. The number of rotatable bonds is 5. The molecule has 0 saturated heterocycles. The number of carbonyl (C=O) groups is 1. The van der Waals surface area contributed by atoms with Crippen LogP contribution >= 0.6 is 11.6 Å². The van der Waals surface area contributed by atoms with Crippen LogP contribution in [0, 0.1) is 0 Å². The zero-order chi connectivity index (χ0) is 20.4.